The van der Waals surface area contributed by atoms with Gasteiger partial charge in [0.15, 0.2) is 6.73 Å². The molecule has 0 amide bonds. The summed E-state index contributed by atoms with van der Waals surface area (Å²) in [6.45, 7) is 3.84. The molecule has 1 aromatic carbocycles. The molecule has 0 fully saturated rings. The van der Waals surface area contributed by atoms with Crippen LogP contribution in [-0.2, 0) is 0 Å². The number of H-pyrrole nitrogens is 1. The molecular formula is C18H16ClN3O3. The highest BCUT2D eigenvalue weighted by atomic mass is 35.5. The number of aromatic amines is 1. The number of aromatic nitrogens is 2. The minimum Gasteiger partial charge on any atom is -0.497 e. The number of methoxy groups -OCH3 is 1. The van der Waals surface area contributed by atoms with E-state index in [-0.39, 0.29) is 17.4 Å². The number of fused-ring (bicyclic) bond motifs is 1. The highest BCUT2D eigenvalue weighted by Gasteiger charge is 2.09. The van der Waals surface area contributed by atoms with E-state index in [0.717, 1.165) is 5.56 Å². The fraction of sp³-hybridized carbons (Fsp3) is 0.111. The van der Waals surface area contributed by atoms with Crippen molar-refractivity contribution in [3.8, 4) is 22.8 Å². The first-order valence-corrected chi connectivity index (χ1v) is 7.83. The van der Waals surface area contributed by atoms with Crippen molar-refractivity contribution in [3.63, 3.8) is 0 Å². The maximum Gasteiger partial charge on any atom is 0.256 e. The average Bonchev–Trinajstić information content (AvgIpc) is 2.62. The van der Waals surface area contributed by atoms with Crippen molar-refractivity contribution >= 4 is 22.4 Å². The summed E-state index contributed by atoms with van der Waals surface area (Å²) in [7, 11) is 1.57. The Labute approximate surface area is 149 Å². The van der Waals surface area contributed by atoms with Gasteiger partial charge < -0.3 is 19.8 Å². The molecule has 0 saturated carbocycles. The number of ether oxygens (including phenoxy) is 2. The largest absolute Gasteiger partial charge is 0.497 e. The topological polar surface area (TPSA) is 76.2 Å². The smallest absolute Gasteiger partial charge is 0.256 e. The molecule has 0 aliphatic rings. The third-order valence-corrected chi connectivity index (χ3v) is 3.79. The molecule has 2 aromatic heterocycles. The Hall–Kier alpha value is -2.99. The van der Waals surface area contributed by atoms with Gasteiger partial charge in [-0.1, -0.05) is 18.2 Å². The third kappa shape index (κ3) is 3.75. The number of pyridine rings is 2. The van der Waals surface area contributed by atoms with E-state index < -0.39 is 0 Å². The number of nitrogens with one attached hydrogen (secondary N) is 2. The van der Waals surface area contributed by atoms with Crippen LogP contribution in [0.2, 0.25) is 5.15 Å². The monoisotopic (exact) mass is 357 g/mol. The lowest BCUT2D eigenvalue weighted by Crippen LogP contribution is -2.13. The molecule has 0 unspecified atom stereocenters. The normalized spacial score (nSPS) is 10.5. The van der Waals surface area contributed by atoms with E-state index in [1.165, 1.54) is 0 Å². The van der Waals surface area contributed by atoms with Gasteiger partial charge in [-0.15, -0.1) is 0 Å². The van der Waals surface area contributed by atoms with E-state index in [1.807, 2.05) is 18.2 Å². The number of rotatable bonds is 6. The van der Waals surface area contributed by atoms with Gasteiger partial charge >= 0.3 is 0 Å². The first kappa shape index (κ1) is 16.9. The SMILES string of the molecule is C=CNCOc1cc(OC)cc(-c2cc3cnc(Cl)cc3c(=O)[nH]2)c1. The maximum absolute atomic E-state index is 12.3. The molecule has 25 heavy (non-hydrogen) atoms. The molecule has 2 N–H and O–H groups in total. The predicted molar refractivity (Wildman–Crippen MR) is 98.2 cm³/mol. The Morgan fingerprint density at radius 3 is 2.84 bits per heavy atom. The van der Waals surface area contributed by atoms with Gasteiger partial charge in [0, 0.05) is 28.9 Å². The summed E-state index contributed by atoms with van der Waals surface area (Å²) in [6, 6.07) is 8.76. The second-order valence-corrected chi connectivity index (χ2v) is 5.59. The van der Waals surface area contributed by atoms with Crippen LogP contribution in [-0.4, -0.2) is 23.8 Å². The molecule has 0 aliphatic carbocycles. The first-order valence-electron chi connectivity index (χ1n) is 7.46. The molecule has 2 heterocycles. The van der Waals surface area contributed by atoms with Gasteiger partial charge in [0.05, 0.1) is 12.5 Å². The Bertz CT molecular complexity index is 985. The van der Waals surface area contributed by atoms with Crippen LogP contribution in [0.5, 0.6) is 11.5 Å². The molecule has 3 rings (SSSR count). The van der Waals surface area contributed by atoms with E-state index >= 15 is 0 Å². The first-order chi connectivity index (χ1) is 12.1. The zero-order valence-corrected chi connectivity index (χ0v) is 14.3. The van der Waals surface area contributed by atoms with Gasteiger partial charge in [0.1, 0.15) is 16.7 Å². The van der Waals surface area contributed by atoms with Crippen LogP contribution in [0.4, 0.5) is 0 Å². The number of halogens is 1. The van der Waals surface area contributed by atoms with Crippen molar-refractivity contribution < 1.29 is 9.47 Å². The lowest BCUT2D eigenvalue weighted by molar-refractivity contribution is 0.301. The van der Waals surface area contributed by atoms with E-state index in [1.54, 1.807) is 31.6 Å². The maximum atomic E-state index is 12.3. The average molecular weight is 358 g/mol. The molecule has 128 valence electrons. The lowest BCUT2D eigenvalue weighted by Gasteiger charge is -2.11. The Morgan fingerprint density at radius 1 is 1.28 bits per heavy atom. The second kappa shape index (κ2) is 7.27. The van der Waals surface area contributed by atoms with Crippen LogP contribution in [0, 0.1) is 0 Å². The molecule has 0 spiro atoms. The van der Waals surface area contributed by atoms with Crippen molar-refractivity contribution in [2.45, 2.75) is 0 Å². The van der Waals surface area contributed by atoms with Crippen molar-refractivity contribution in [1.82, 2.24) is 15.3 Å². The van der Waals surface area contributed by atoms with Crippen LogP contribution in [0.25, 0.3) is 22.0 Å². The van der Waals surface area contributed by atoms with Crippen molar-refractivity contribution in [2.24, 2.45) is 0 Å². The summed E-state index contributed by atoms with van der Waals surface area (Å²) in [5.74, 6) is 1.21. The minimum absolute atomic E-state index is 0.240. The molecule has 0 saturated heterocycles. The van der Waals surface area contributed by atoms with Crippen LogP contribution in [0.1, 0.15) is 0 Å². The van der Waals surface area contributed by atoms with Crippen LogP contribution < -0.4 is 20.3 Å². The van der Waals surface area contributed by atoms with Gasteiger partial charge in [-0.2, -0.15) is 0 Å². The Morgan fingerprint density at radius 2 is 2.08 bits per heavy atom. The number of benzene rings is 1. The van der Waals surface area contributed by atoms with Gasteiger partial charge in [-0.05, 0) is 30.5 Å². The molecular weight excluding hydrogens is 342 g/mol. The highest BCUT2D eigenvalue weighted by Crippen LogP contribution is 2.29. The van der Waals surface area contributed by atoms with E-state index in [0.29, 0.717) is 28.0 Å². The van der Waals surface area contributed by atoms with E-state index in [4.69, 9.17) is 21.1 Å². The number of hydrogen-bond donors (Lipinski definition) is 2. The van der Waals surface area contributed by atoms with Crippen LogP contribution in [0.3, 0.4) is 0 Å². The minimum atomic E-state index is -0.240. The van der Waals surface area contributed by atoms with Gasteiger partial charge in [0.25, 0.3) is 5.56 Å². The second-order valence-electron chi connectivity index (χ2n) is 5.20. The van der Waals surface area contributed by atoms with Crippen LogP contribution >= 0.6 is 11.6 Å². The molecule has 0 atom stereocenters. The zero-order valence-electron chi connectivity index (χ0n) is 13.5. The lowest BCUT2D eigenvalue weighted by atomic mass is 10.1. The standard InChI is InChI=1S/C18H16ClN3O3/c1-3-20-10-25-14-5-11(4-13(7-14)24-2)16-6-12-9-21-17(19)8-15(12)18(23)22-16/h3-9,20H,1,10H2,2H3,(H,22,23). The van der Waals surface area contributed by atoms with Gasteiger partial charge in [-0.25, -0.2) is 4.98 Å². The molecule has 0 bridgehead atoms. The van der Waals surface area contributed by atoms with Gasteiger partial charge in [0.2, 0.25) is 0 Å². The molecule has 7 heteroatoms. The third-order valence-electron chi connectivity index (χ3n) is 3.59. The van der Waals surface area contributed by atoms with Crippen LogP contribution in [0.15, 0.2) is 54.1 Å². The van der Waals surface area contributed by atoms with Gasteiger partial charge in [-0.3, -0.25) is 4.79 Å². The van der Waals surface area contributed by atoms with Crippen molar-refractivity contribution in [1.29, 1.82) is 0 Å². The summed E-state index contributed by atoms with van der Waals surface area (Å²) >= 11 is 5.86. The Balaban J connectivity index is 2.07. The quantitative estimate of drug-likeness (QED) is 0.402. The number of nitrogens with zero attached hydrogens (tertiary/aromatic N) is 1. The Kier molecular flexibility index (Phi) is 4.90. The van der Waals surface area contributed by atoms with Crippen molar-refractivity contribution in [3.05, 3.63) is 64.8 Å². The summed E-state index contributed by atoms with van der Waals surface area (Å²) in [6.07, 6.45) is 3.11. The molecule has 6 nitrogen and oxygen atoms in total. The van der Waals surface area contributed by atoms with Crippen molar-refractivity contribution in [2.75, 3.05) is 13.8 Å². The summed E-state index contributed by atoms with van der Waals surface area (Å²) in [5.41, 5.74) is 1.14. The summed E-state index contributed by atoms with van der Waals surface area (Å²) < 4.78 is 10.9. The van der Waals surface area contributed by atoms with E-state index in [9.17, 15) is 4.79 Å². The fourth-order valence-electron chi connectivity index (χ4n) is 2.40. The molecule has 0 aliphatic heterocycles. The highest BCUT2D eigenvalue weighted by molar-refractivity contribution is 6.30. The molecule has 3 aromatic rings. The number of hydrogen-bond acceptors (Lipinski definition) is 5. The summed E-state index contributed by atoms with van der Waals surface area (Å²) in [4.78, 5) is 19.2. The zero-order chi connectivity index (χ0) is 17.8. The van der Waals surface area contributed by atoms with E-state index in [2.05, 4.69) is 21.9 Å². The summed E-state index contributed by atoms with van der Waals surface area (Å²) in [5, 5.41) is 4.31. The molecule has 0 radical (unpaired) electrons. The fourth-order valence-corrected chi connectivity index (χ4v) is 2.56. The predicted octanol–water partition coefficient (Wildman–Crippen LogP) is 3.32.